The number of hydrogen-bond donors (Lipinski definition) is 3. The molecule has 0 saturated carbocycles. The van der Waals surface area contributed by atoms with E-state index in [1.165, 1.54) is 6.07 Å². The van der Waals surface area contributed by atoms with Crippen molar-refractivity contribution in [3.63, 3.8) is 0 Å². The number of carboxylic acid groups (broad SMARTS) is 1. The van der Waals surface area contributed by atoms with Gasteiger partial charge in [-0.2, -0.15) is 0 Å². The topological polar surface area (TPSA) is 105 Å². The van der Waals surface area contributed by atoms with Crippen LogP contribution in [0.3, 0.4) is 0 Å². The molecule has 1 amide bonds. The van der Waals surface area contributed by atoms with Crippen LogP contribution in [-0.2, 0) is 6.54 Å². The van der Waals surface area contributed by atoms with Crippen LogP contribution in [0.2, 0.25) is 0 Å². The van der Waals surface area contributed by atoms with Gasteiger partial charge in [-0.1, -0.05) is 18.2 Å². The molecule has 0 fully saturated rings. The van der Waals surface area contributed by atoms with Gasteiger partial charge in [-0.05, 0) is 60.9 Å². The smallest absolute Gasteiger partial charge is 0.336 e. The van der Waals surface area contributed by atoms with Crippen LogP contribution in [0.1, 0.15) is 37.4 Å². The lowest BCUT2D eigenvalue weighted by Crippen LogP contribution is -2.24. The van der Waals surface area contributed by atoms with Crippen LogP contribution in [0, 0.1) is 13.8 Å². The summed E-state index contributed by atoms with van der Waals surface area (Å²) in [6.07, 6.45) is 1.58. The van der Waals surface area contributed by atoms with Crippen LogP contribution in [0.15, 0.2) is 54.7 Å². The summed E-state index contributed by atoms with van der Waals surface area (Å²) in [5.41, 5.74) is 11.0. The highest BCUT2D eigenvalue weighted by molar-refractivity contribution is 5.95. The largest absolute Gasteiger partial charge is 0.478 e. The van der Waals surface area contributed by atoms with Crippen molar-refractivity contribution >= 4 is 17.6 Å². The van der Waals surface area contributed by atoms with Gasteiger partial charge >= 0.3 is 5.97 Å². The molecule has 1 heterocycles. The Morgan fingerprint density at radius 1 is 1.07 bits per heavy atom. The van der Waals surface area contributed by atoms with Gasteiger partial charge in [0.2, 0.25) is 0 Å². The Bertz CT molecular complexity index is 1060. The van der Waals surface area contributed by atoms with Gasteiger partial charge in [-0.25, -0.2) is 4.79 Å². The lowest BCUT2D eigenvalue weighted by atomic mass is 10.0. The Morgan fingerprint density at radius 3 is 2.57 bits per heavy atom. The van der Waals surface area contributed by atoms with E-state index in [9.17, 15) is 14.7 Å². The molecule has 3 aromatic rings. The van der Waals surface area contributed by atoms with Crippen molar-refractivity contribution in [2.75, 3.05) is 5.73 Å². The first-order valence-electron chi connectivity index (χ1n) is 8.79. The van der Waals surface area contributed by atoms with E-state index in [2.05, 4.69) is 10.3 Å². The highest BCUT2D eigenvalue weighted by Gasteiger charge is 2.14. The number of nitrogens with two attached hydrogens (primary N) is 1. The average Bonchev–Trinajstić information content (AvgIpc) is 2.66. The number of aryl methyl sites for hydroxylation is 2. The van der Waals surface area contributed by atoms with Crippen molar-refractivity contribution in [2.45, 2.75) is 20.4 Å². The molecule has 0 radical (unpaired) electrons. The fourth-order valence-corrected chi connectivity index (χ4v) is 3.10. The predicted molar refractivity (Wildman–Crippen MR) is 108 cm³/mol. The Labute approximate surface area is 163 Å². The van der Waals surface area contributed by atoms with Gasteiger partial charge in [0.15, 0.2) is 0 Å². The van der Waals surface area contributed by atoms with Gasteiger partial charge in [0.05, 0.1) is 11.3 Å². The first-order valence-corrected chi connectivity index (χ1v) is 8.79. The second-order valence-electron chi connectivity index (χ2n) is 6.59. The summed E-state index contributed by atoms with van der Waals surface area (Å²) in [6, 6.07) is 13.9. The van der Waals surface area contributed by atoms with Crippen molar-refractivity contribution in [1.29, 1.82) is 0 Å². The summed E-state index contributed by atoms with van der Waals surface area (Å²) in [6.45, 7) is 3.89. The van der Waals surface area contributed by atoms with Crippen molar-refractivity contribution in [2.24, 2.45) is 0 Å². The molecule has 6 nitrogen and oxygen atoms in total. The summed E-state index contributed by atoms with van der Waals surface area (Å²) in [5.74, 6) is -1.31. The molecular weight excluding hydrogens is 354 g/mol. The maximum Gasteiger partial charge on any atom is 0.336 e. The summed E-state index contributed by atoms with van der Waals surface area (Å²) < 4.78 is 0. The van der Waals surface area contributed by atoms with Crippen molar-refractivity contribution in [3.05, 3.63) is 82.5 Å². The van der Waals surface area contributed by atoms with E-state index in [0.29, 0.717) is 22.5 Å². The van der Waals surface area contributed by atoms with E-state index in [-0.39, 0.29) is 18.0 Å². The Balaban J connectivity index is 1.82. The number of nitrogens with zero attached hydrogens (tertiary/aromatic N) is 1. The third-order valence-corrected chi connectivity index (χ3v) is 4.61. The van der Waals surface area contributed by atoms with E-state index in [4.69, 9.17) is 5.73 Å². The molecule has 0 unspecified atom stereocenters. The standard InChI is InChI=1S/C22H21N3O3/c1-13-4-3-5-18(22(27)28)19(13)12-25-21(26)15-8-9-24-20(11-15)17-7-6-16(23)10-14(17)2/h3-11H,12,23H2,1-2H3,(H,25,26)(H,27,28). The number of amides is 1. The number of carboxylic acids is 1. The molecule has 4 N–H and O–H groups in total. The molecule has 0 saturated heterocycles. The Morgan fingerprint density at radius 2 is 1.86 bits per heavy atom. The van der Waals surface area contributed by atoms with Gasteiger partial charge in [0, 0.05) is 29.6 Å². The molecule has 0 spiro atoms. The molecule has 2 aromatic carbocycles. The van der Waals surface area contributed by atoms with Gasteiger partial charge in [-0.3, -0.25) is 9.78 Å². The first kappa shape index (κ1) is 19.1. The van der Waals surface area contributed by atoms with Gasteiger partial charge in [0.1, 0.15) is 0 Å². The number of pyridine rings is 1. The van der Waals surface area contributed by atoms with Gasteiger partial charge in [-0.15, -0.1) is 0 Å². The molecule has 0 aliphatic carbocycles. The number of hydrogen-bond acceptors (Lipinski definition) is 4. The Hall–Kier alpha value is -3.67. The molecule has 3 rings (SSSR count). The molecule has 1 aromatic heterocycles. The molecule has 142 valence electrons. The zero-order chi connectivity index (χ0) is 20.3. The van der Waals surface area contributed by atoms with Crippen LogP contribution >= 0.6 is 0 Å². The molecule has 0 aliphatic heterocycles. The van der Waals surface area contributed by atoms with Gasteiger partial charge < -0.3 is 16.2 Å². The van der Waals surface area contributed by atoms with E-state index < -0.39 is 5.97 Å². The number of aromatic carboxylic acids is 1. The predicted octanol–water partition coefficient (Wildman–Crippen LogP) is 3.58. The first-order chi connectivity index (χ1) is 13.4. The molecule has 28 heavy (non-hydrogen) atoms. The van der Waals surface area contributed by atoms with E-state index in [1.807, 2.05) is 32.0 Å². The number of benzene rings is 2. The summed E-state index contributed by atoms with van der Waals surface area (Å²) >= 11 is 0. The minimum Gasteiger partial charge on any atom is -0.478 e. The maximum absolute atomic E-state index is 12.6. The van der Waals surface area contributed by atoms with E-state index in [0.717, 1.165) is 16.7 Å². The minimum absolute atomic E-state index is 0.131. The number of rotatable bonds is 5. The fraction of sp³-hybridized carbons (Fsp3) is 0.136. The molecule has 6 heteroatoms. The quantitative estimate of drug-likeness (QED) is 0.591. The summed E-state index contributed by atoms with van der Waals surface area (Å²) in [4.78, 5) is 28.4. The Kier molecular flexibility index (Phi) is 5.40. The lowest BCUT2D eigenvalue weighted by Gasteiger charge is -2.12. The maximum atomic E-state index is 12.6. The molecule has 0 atom stereocenters. The second kappa shape index (κ2) is 7.92. The SMILES string of the molecule is Cc1cc(N)ccc1-c1cc(C(=O)NCc2c(C)cccc2C(=O)O)ccn1. The number of carbonyl (C=O) groups excluding carboxylic acids is 1. The monoisotopic (exact) mass is 375 g/mol. The fourth-order valence-electron chi connectivity index (χ4n) is 3.10. The van der Waals surface area contributed by atoms with Crippen molar-refractivity contribution in [1.82, 2.24) is 10.3 Å². The second-order valence-corrected chi connectivity index (χ2v) is 6.59. The zero-order valence-electron chi connectivity index (χ0n) is 15.7. The number of nitrogen functional groups attached to an aromatic ring is 1. The highest BCUT2D eigenvalue weighted by atomic mass is 16.4. The average molecular weight is 375 g/mol. The third kappa shape index (κ3) is 4.01. The van der Waals surface area contributed by atoms with Crippen LogP contribution in [0.4, 0.5) is 5.69 Å². The number of carbonyl (C=O) groups is 2. The lowest BCUT2D eigenvalue weighted by molar-refractivity contribution is 0.0694. The van der Waals surface area contributed by atoms with Crippen LogP contribution < -0.4 is 11.1 Å². The van der Waals surface area contributed by atoms with E-state index in [1.54, 1.807) is 30.5 Å². The highest BCUT2D eigenvalue weighted by Crippen LogP contribution is 2.24. The third-order valence-electron chi connectivity index (χ3n) is 4.61. The molecule has 0 aliphatic rings. The number of nitrogens with one attached hydrogen (secondary N) is 1. The normalized spacial score (nSPS) is 10.5. The number of aromatic nitrogens is 1. The molecular formula is C22H21N3O3. The molecule has 0 bridgehead atoms. The van der Waals surface area contributed by atoms with Crippen molar-refractivity contribution in [3.8, 4) is 11.3 Å². The zero-order valence-corrected chi connectivity index (χ0v) is 15.7. The van der Waals surface area contributed by atoms with Crippen LogP contribution in [-0.4, -0.2) is 22.0 Å². The van der Waals surface area contributed by atoms with Crippen molar-refractivity contribution < 1.29 is 14.7 Å². The van der Waals surface area contributed by atoms with Crippen LogP contribution in [0.25, 0.3) is 11.3 Å². The van der Waals surface area contributed by atoms with Gasteiger partial charge in [0.25, 0.3) is 5.91 Å². The number of anilines is 1. The summed E-state index contributed by atoms with van der Waals surface area (Å²) in [7, 11) is 0. The van der Waals surface area contributed by atoms with Crippen LogP contribution in [0.5, 0.6) is 0 Å². The minimum atomic E-state index is -1.02. The summed E-state index contributed by atoms with van der Waals surface area (Å²) in [5, 5.41) is 12.2. The van der Waals surface area contributed by atoms with E-state index >= 15 is 0 Å².